The van der Waals surface area contributed by atoms with E-state index in [0.717, 1.165) is 29.8 Å². The molecule has 1 aromatic heterocycles. The van der Waals surface area contributed by atoms with E-state index in [2.05, 4.69) is 25.5 Å². The lowest BCUT2D eigenvalue weighted by Crippen LogP contribution is -2.38. The van der Waals surface area contributed by atoms with Gasteiger partial charge in [0.25, 0.3) is 0 Å². The molecule has 6 heteroatoms. The molecule has 1 saturated heterocycles. The molecule has 1 aliphatic rings. The zero-order chi connectivity index (χ0) is 12.4. The van der Waals surface area contributed by atoms with Gasteiger partial charge in [-0.2, -0.15) is 0 Å². The molecule has 0 radical (unpaired) electrons. The van der Waals surface area contributed by atoms with Crippen molar-refractivity contribution in [1.29, 1.82) is 0 Å². The van der Waals surface area contributed by atoms with Gasteiger partial charge in [-0.1, -0.05) is 0 Å². The first kappa shape index (κ1) is 12.4. The lowest BCUT2D eigenvalue weighted by atomic mass is 9.97. The van der Waals surface area contributed by atoms with Crippen LogP contribution in [0, 0.1) is 12.8 Å². The number of nitrogens with zero attached hydrogens (tertiary/aromatic N) is 3. The molecule has 0 atom stereocenters. The van der Waals surface area contributed by atoms with E-state index in [1.807, 2.05) is 13.1 Å². The molecule has 0 bridgehead atoms. The van der Waals surface area contributed by atoms with Crippen molar-refractivity contribution >= 4 is 22.0 Å². The largest absolute Gasteiger partial charge is 0.465 e. The van der Waals surface area contributed by atoms with E-state index in [0.29, 0.717) is 19.0 Å². The highest BCUT2D eigenvalue weighted by molar-refractivity contribution is 9.10. The number of likely N-dealkylation sites (tertiary alicyclic amines) is 1. The number of hydrogen-bond donors (Lipinski definition) is 1. The summed E-state index contributed by atoms with van der Waals surface area (Å²) in [7, 11) is 0. The molecule has 1 aromatic rings. The van der Waals surface area contributed by atoms with Crippen molar-refractivity contribution in [2.24, 2.45) is 5.92 Å². The number of hydrogen-bond acceptors (Lipinski definition) is 2. The molecule has 1 fully saturated rings. The van der Waals surface area contributed by atoms with Crippen molar-refractivity contribution in [2.45, 2.75) is 26.3 Å². The van der Waals surface area contributed by atoms with Crippen LogP contribution < -0.4 is 0 Å². The molecule has 17 heavy (non-hydrogen) atoms. The summed E-state index contributed by atoms with van der Waals surface area (Å²) in [5.41, 5.74) is 0. The molecular weight excluding hydrogens is 286 g/mol. The second-order valence-electron chi connectivity index (χ2n) is 4.45. The van der Waals surface area contributed by atoms with Crippen molar-refractivity contribution in [1.82, 2.24) is 14.5 Å². The summed E-state index contributed by atoms with van der Waals surface area (Å²) in [5, 5.41) is 8.87. The number of imidazole rings is 1. The Labute approximate surface area is 109 Å². The predicted molar refractivity (Wildman–Crippen MR) is 67.0 cm³/mol. The van der Waals surface area contributed by atoms with Crippen molar-refractivity contribution in [3.63, 3.8) is 0 Å². The van der Waals surface area contributed by atoms with Gasteiger partial charge >= 0.3 is 6.09 Å². The number of carboxylic acid groups (broad SMARTS) is 1. The Morgan fingerprint density at radius 2 is 2.24 bits per heavy atom. The molecule has 0 saturated carbocycles. The van der Waals surface area contributed by atoms with Crippen LogP contribution in [0.5, 0.6) is 0 Å². The number of aromatic nitrogens is 2. The maximum absolute atomic E-state index is 10.8. The molecule has 2 rings (SSSR count). The molecule has 0 unspecified atom stereocenters. The molecule has 94 valence electrons. The molecule has 0 aromatic carbocycles. The minimum absolute atomic E-state index is 0.537. The highest BCUT2D eigenvalue weighted by Gasteiger charge is 2.23. The zero-order valence-corrected chi connectivity index (χ0v) is 11.4. The Morgan fingerprint density at radius 3 is 2.71 bits per heavy atom. The maximum atomic E-state index is 10.8. The Bertz CT molecular complexity index is 391. The molecule has 5 nitrogen and oxygen atoms in total. The quantitative estimate of drug-likeness (QED) is 0.912. The van der Waals surface area contributed by atoms with E-state index in [1.54, 1.807) is 0 Å². The monoisotopic (exact) mass is 301 g/mol. The Hall–Kier alpha value is -1.04. The highest BCUT2D eigenvalue weighted by atomic mass is 79.9. The molecule has 1 N–H and O–H groups in total. The Kier molecular flexibility index (Phi) is 3.71. The van der Waals surface area contributed by atoms with Crippen LogP contribution in [0.25, 0.3) is 0 Å². The maximum Gasteiger partial charge on any atom is 0.407 e. The van der Waals surface area contributed by atoms with Crippen LogP contribution in [0.15, 0.2) is 10.8 Å². The topological polar surface area (TPSA) is 58.4 Å². The fraction of sp³-hybridized carbons (Fsp3) is 0.636. The molecule has 0 aliphatic carbocycles. The van der Waals surface area contributed by atoms with E-state index < -0.39 is 6.09 Å². The van der Waals surface area contributed by atoms with E-state index in [4.69, 9.17) is 5.11 Å². The molecular formula is C11H16BrN3O2. The number of carbonyl (C=O) groups is 1. The van der Waals surface area contributed by atoms with E-state index in [-0.39, 0.29) is 0 Å². The second-order valence-corrected chi connectivity index (χ2v) is 5.26. The number of rotatable bonds is 2. The van der Waals surface area contributed by atoms with Crippen LogP contribution in [0.2, 0.25) is 0 Å². The number of piperidine rings is 1. The van der Waals surface area contributed by atoms with Gasteiger partial charge in [-0.05, 0) is 41.6 Å². The fourth-order valence-corrected chi connectivity index (χ4v) is 2.73. The van der Waals surface area contributed by atoms with Gasteiger partial charge in [0.05, 0.1) is 6.20 Å². The van der Waals surface area contributed by atoms with Crippen molar-refractivity contribution in [2.75, 3.05) is 13.1 Å². The molecule has 0 spiro atoms. The van der Waals surface area contributed by atoms with Gasteiger partial charge in [-0.15, -0.1) is 0 Å². The van der Waals surface area contributed by atoms with E-state index in [1.165, 1.54) is 4.90 Å². The van der Waals surface area contributed by atoms with Crippen LogP contribution in [-0.4, -0.2) is 38.7 Å². The van der Waals surface area contributed by atoms with Crippen molar-refractivity contribution in [3.8, 4) is 0 Å². The summed E-state index contributed by atoms with van der Waals surface area (Å²) in [5.74, 6) is 1.53. The smallest absolute Gasteiger partial charge is 0.407 e. The van der Waals surface area contributed by atoms with E-state index in [9.17, 15) is 4.79 Å². The molecule has 2 heterocycles. The average molecular weight is 302 g/mol. The van der Waals surface area contributed by atoms with Gasteiger partial charge in [0, 0.05) is 19.6 Å². The lowest BCUT2D eigenvalue weighted by molar-refractivity contribution is 0.121. The summed E-state index contributed by atoms with van der Waals surface area (Å²) in [6.45, 7) is 4.19. The summed E-state index contributed by atoms with van der Waals surface area (Å²) < 4.78 is 3.14. The van der Waals surface area contributed by atoms with E-state index >= 15 is 0 Å². The third kappa shape index (κ3) is 2.80. The van der Waals surface area contributed by atoms with Crippen molar-refractivity contribution < 1.29 is 9.90 Å². The summed E-state index contributed by atoms with van der Waals surface area (Å²) in [4.78, 5) is 16.5. The van der Waals surface area contributed by atoms with Crippen LogP contribution in [0.1, 0.15) is 18.7 Å². The van der Waals surface area contributed by atoms with Gasteiger partial charge in [-0.25, -0.2) is 9.78 Å². The Balaban J connectivity index is 1.92. The first-order valence-corrected chi connectivity index (χ1v) is 6.52. The number of halogens is 1. The van der Waals surface area contributed by atoms with Gasteiger partial charge < -0.3 is 14.6 Å². The number of amides is 1. The van der Waals surface area contributed by atoms with Gasteiger partial charge in [0.1, 0.15) is 10.4 Å². The average Bonchev–Trinajstić information content (AvgIpc) is 2.61. The summed E-state index contributed by atoms with van der Waals surface area (Å²) >= 11 is 3.47. The number of aryl methyl sites for hydroxylation is 1. The lowest BCUT2D eigenvalue weighted by Gasteiger charge is -2.30. The SMILES string of the molecule is Cc1ncc(Br)n1CC1CCN(C(=O)O)CC1. The molecule has 1 aliphatic heterocycles. The third-order valence-electron chi connectivity index (χ3n) is 3.33. The first-order chi connectivity index (χ1) is 8.08. The fourth-order valence-electron chi connectivity index (χ4n) is 2.22. The summed E-state index contributed by atoms with van der Waals surface area (Å²) in [6, 6.07) is 0. The zero-order valence-electron chi connectivity index (χ0n) is 9.77. The Morgan fingerprint density at radius 1 is 1.59 bits per heavy atom. The van der Waals surface area contributed by atoms with Gasteiger partial charge in [-0.3, -0.25) is 0 Å². The third-order valence-corrected chi connectivity index (χ3v) is 3.97. The van der Waals surface area contributed by atoms with Crippen molar-refractivity contribution in [3.05, 3.63) is 16.6 Å². The summed E-state index contributed by atoms with van der Waals surface area (Å²) in [6.07, 6.45) is 2.86. The second kappa shape index (κ2) is 5.08. The van der Waals surface area contributed by atoms with Crippen LogP contribution >= 0.6 is 15.9 Å². The molecule has 1 amide bonds. The minimum atomic E-state index is -0.802. The van der Waals surface area contributed by atoms with Gasteiger partial charge in [0.15, 0.2) is 0 Å². The van der Waals surface area contributed by atoms with Crippen LogP contribution in [-0.2, 0) is 6.54 Å². The minimum Gasteiger partial charge on any atom is -0.465 e. The standard InChI is InChI=1S/C11H16BrN3O2/c1-8-13-6-10(12)15(8)7-9-2-4-14(5-3-9)11(16)17/h6,9H,2-5,7H2,1H3,(H,16,17). The van der Waals surface area contributed by atoms with Crippen LogP contribution in [0.4, 0.5) is 4.79 Å². The predicted octanol–water partition coefficient (Wildman–Crippen LogP) is 2.34. The highest BCUT2D eigenvalue weighted by Crippen LogP contribution is 2.22. The first-order valence-electron chi connectivity index (χ1n) is 5.73. The van der Waals surface area contributed by atoms with Gasteiger partial charge in [0.2, 0.25) is 0 Å². The normalized spacial score (nSPS) is 17.4. The van der Waals surface area contributed by atoms with Crippen LogP contribution in [0.3, 0.4) is 0 Å².